The highest BCUT2D eigenvalue weighted by Gasteiger charge is 2.25. The molecule has 1 heterocycles. The molecule has 4 aromatic rings. The summed E-state index contributed by atoms with van der Waals surface area (Å²) >= 11 is 0. The Morgan fingerprint density at radius 2 is 1.54 bits per heavy atom. The Hall–Kier alpha value is -3.70. The van der Waals surface area contributed by atoms with Crippen LogP contribution in [0.3, 0.4) is 0 Å². The number of benzene rings is 3. The summed E-state index contributed by atoms with van der Waals surface area (Å²) < 4.78 is 7.45. The van der Waals surface area contributed by atoms with Crippen LogP contribution in [-0.4, -0.2) is 34.4 Å². The van der Waals surface area contributed by atoms with Crippen molar-refractivity contribution in [1.29, 1.82) is 0 Å². The molecule has 5 heteroatoms. The lowest BCUT2D eigenvalue weighted by Crippen LogP contribution is -2.27. The van der Waals surface area contributed by atoms with Gasteiger partial charge in [0.25, 0.3) is 0 Å². The van der Waals surface area contributed by atoms with Crippen LogP contribution < -0.4 is 0 Å². The first-order valence-electron chi connectivity index (χ1n) is 13.3. The smallest absolute Gasteiger partial charge is 0.338 e. The van der Waals surface area contributed by atoms with Crippen molar-refractivity contribution in [2.45, 2.75) is 52.2 Å². The minimum atomic E-state index is -0.317. The van der Waals surface area contributed by atoms with Crippen LogP contribution in [0.2, 0.25) is 0 Å². The highest BCUT2D eigenvalue weighted by molar-refractivity contribution is 6.05. The van der Waals surface area contributed by atoms with Gasteiger partial charge >= 0.3 is 5.97 Å². The lowest BCUT2D eigenvalue weighted by molar-refractivity contribution is 0.0526. The Labute approximate surface area is 218 Å². The number of Topliss-reactive ketones (excluding diaryl/α,β-unsaturated/α-hetero) is 1. The van der Waals surface area contributed by atoms with Crippen molar-refractivity contribution in [3.05, 3.63) is 107 Å². The number of esters is 1. The maximum Gasteiger partial charge on any atom is 0.338 e. The van der Waals surface area contributed by atoms with Crippen LogP contribution in [0.5, 0.6) is 0 Å². The number of carbonyl (C=O) groups excluding carboxylic acids is 2. The molecule has 0 spiro atoms. The van der Waals surface area contributed by atoms with Gasteiger partial charge in [-0.15, -0.1) is 0 Å². The zero-order valence-corrected chi connectivity index (χ0v) is 21.5. The molecular formula is C32H34N2O3. The first-order chi connectivity index (χ1) is 18.1. The molecular weight excluding hydrogens is 460 g/mol. The second-order valence-corrected chi connectivity index (χ2v) is 9.74. The van der Waals surface area contributed by atoms with E-state index in [0.717, 1.165) is 61.1 Å². The van der Waals surface area contributed by atoms with Crippen LogP contribution in [0.15, 0.2) is 78.9 Å². The third kappa shape index (κ3) is 5.67. The summed E-state index contributed by atoms with van der Waals surface area (Å²) in [4.78, 5) is 28.2. The third-order valence-electron chi connectivity index (χ3n) is 7.16. The van der Waals surface area contributed by atoms with Crippen molar-refractivity contribution >= 4 is 22.7 Å². The predicted octanol–water partition coefficient (Wildman–Crippen LogP) is 6.43. The average molecular weight is 495 g/mol. The number of carbonyl (C=O) groups is 2. The van der Waals surface area contributed by atoms with Crippen LogP contribution in [0.25, 0.3) is 10.9 Å². The van der Waals surface area contributed by atoms with Crippen molar-refractivity contribution in [3.8, 4) is 0 Å². The quantitative estimate of drug-likeness (QED) is 0.199. The van der Waals surface area contributed by atoms with Crippen molar-refractivity contribution < 1.29 is 14.3 Å². The summed E-state index contributed by atoms with van der Waals surface area (Å²) in [6.07, 6.45) is 3.32. The van der Waals surface area contributed by atoms with Gasteiger partial charge in [0, 0.05) is 43.5 Å². The number of rotatable bonds is 9. The zero-order valence-electron chi connectivity index (χ0n) is 21.5. The molecule has 0 amide bonds. The van der Waals surface area contributed by atoms with Gasteiger partial charge in [0.15, 0.2) is 5.78 Å². The molecule has 1 aliphatic rings. The second-order valence-electron chi connectivity index (χ2n) is 9.74. The fourth-order valence-corrected chi connectivity index (χ4v) is 5.41. The van der Waals surface area contributed by atoms with E-state index in [-0.39, 0.29) is 11.8 Å². The summed E-state index contributed by atoms with van der Waals surface area (Å²) in [5.41, 5.74) is 6.01. The van der Waals surface area contributed by atoms with Gasteiger partial charge in [-0.25, -0.2) is 4.79 Å². The maximum atomic E-state index is 13.3. The number of aryl methyl sites for hydroxylation is 1. The first-order valence-corrected chi connectivity index (χ1v) is 13.3. The number of aromatic nitrogens is 1. The van der Waals surface area contributed by atoms with Gasteiger partial charge in [0.1, 0.15) is 0 Å². The molecule has 190 valence electrons. The Morgan fingerprint density at radius 3 is 2.19 bits per heavy atom. The van der Waals surface area contributed by atoms with E-state index < -0.39 is 0 Å². The van der Waals surface area contributed by atoms with Gasteiger partial charge in [-0.2, -0.15) is 0 Å². The SMILES string of the molecule is CCOC(=O)c1ccc2c(c1)c1c(n2CCN(Cc2ccccc2)Cc2ccccc2)C(=O)CCCC1. The van der Waals surface area contributed by atoms with Gasteiger partial charge in [-0.3, -0.25) is 9.69 Å². The van der Waals surface area contributed by atoms with Crippen LogP contribution in [-0.2, 0) is 30.8 Å². The monoisotopic (exact) mass is 494 g/mol. The van der Waals surface area contributed by atoms with E-state index in [2.05, 4.69) is 58.0 Å². The molecule has 1 aliphatic carbocycles. The van der Waals surface area contributed by atoms with Gasteiger partial charge in [-0.1, -0.05) is 60.7 Å². The van der Waals surface area contributed by atoms with Crippen LogP contribution in [0, 0.1) is 0 Å². The standard InChI is InChI=1S/C32H34N2O3/c1-2-37-32(36)26-17-18-29-28(21-26)27-15-9-10-16-30(35)31(27)34(29)20-19-33(22-24-11-5-3-6-12-24)23-25-13-7-4-8-14-25/h3-8,11-14,17-18,21H,2,9-10,15-16,19-20,22-23H2,1H3. The van der Waals surface area contributed by atoms with Crippen LogP contribution in [0.1, 0.15) is 63.7 Å². The van der Waals surface area contributed by atoms with E-state index in [1.54, 1.807) is 0 Å². The molecule has 0 bridgehead atoms. The Morgan fingerprint density at radius 1 is 0.892 bits per heavy atom. The molecule has 0 atom stereocenters. The number of hydrogen-bond acceptors (Lipinski definition) is 4. The van der Waals surface area contributed by atoms with Crippen molar-refractivity contribution in [2.24, 2.45) is 0 Å². The Kier molecular flexibility index (Phi) is 7.81. The summed E-state index contributed by atoms with van der Waals surface area (Å²) in [6.45, 7) is 5.32. The molecule has 3 aromatic carbocycles. The third-order valence-corrected chi connectivity index (χ3v) is 7.16. The molecule has 1 aromatic heterocycles. The Balaban J connectivity index is 1.49. The zero-order chi connectivity index (χ0) is 25.6. The number of nitrogens with zero attached hydrogens (tertiary/aromatic N) is 2. The molecule has 0 fully saturated rings. The molecule has 0 saturated heterocycles. The maximum absolute atomic E-state index is 13.3. The average Bonchev–Trinajstić information content (AvgIpc) is 3.10. The molecule has 5 nitrogen and oxygen atoms in total. The normalized spacial score (nSPS) is 13.5. The Bertz CT molecular complexity index is 1330. The van der Waals surface area contributed by atoms with E-state index in [9.17, 15) is 9.59 Å². The fraction of sp³-hybridized carbons (Fsp3) is 0.312. The number of hydrogen-bond donors (Lipinski definition) is 0. The van der Waals surface area contributed by atoms with Gasteiger partial charge in [0.05, 0.1) is 17.9 Å². The minimum absolute atomic E-state index is 0.207. The lowest BCUT2D eigenvalue weighted by atomic mass is 10.0. The molecule has 0 unspecified atom stereocenters. The van der Waals surface area contributed by atoms with Gasteiger partial charge in [0.2, 0.25) is 0 Å². The highest BCUT2D eigenvalue weighted by atomic mass is 16.5. The minimum Gasteiger partial charge on any atom is -0.462 e. The molecule has 0 saturated carbocycles. The van der Waals surface area contributed by atoms with Crippen molar-refractivity contribution in [3.63, 3.8) is 0 Å². The second kappa shape index (κ2) is 11.6. The highest BCUT2D eigenvalue weighted by Crippen LogP contribution is 2.32. The number of ketones is 1. The summed E-state index contributed by atoms with van der Waals surface area (Å²) in [6, 6.07) is 26.8. The first kappa shape index (κ1) is 25.0. The summed E-state index contributed by atoms with van der Waals surface area (Å²) in [7, 11) is 0. The van der Waals surface area contributed by atoms with E-state index in [0.29, 0.717) is 25.1 Å². The molecule has 0 N–H and O–H groups in total. The van der Waals surface area contributed by atoms with Crippen molar-refractivity contribution in [2.75, 3.05) is 13.2 Å². The summed E-state index contributed by atoms with van der Waals surface area (Å²) in [5, 5.41) is 1.01. The number of fused-ring (bicyclic) bond motifs is 3. The molecule has 5 rings (SSSR count). The molecule has 0 radical (unpaired) electrons. The van der Waals surface area contributed by atoms with Crippen LogP contribution >= 0.6 is 0 Å². The van der Waals surface area contributed by atoms with Gasteiger partial charge in [-0.05, 0) is 61.1 Å². The van der Waals surface area contributed by atoms with Gasteiger partial charge < -0.3 is 9.30 Å². The lowest BCUT2D eigenvalue weighted by Gasteiger charge is -2.24. The summed E-state index contributed by atoms with van der Waals surface area (Å²) in [5.74, 6) is -0.109. The van der Waals surface area contributed by atoms with E-state index in [1.807, 2.05) is 37.3 Å². The fourth-order valence-electron chi connectivity index (χ4n) is 5.41. The van der Waals surface area contributed by atoms with Crippen molar-refractivity contribution in [1.82, 2.24) is 9.47 Å². The van der Waals surface area contributed by atoms with E-state index >= 15 is 0 Å². The molecule has 0 aliphatic heterocycles. The van der Waals surface area contributed by atoms with E-state index in [4.69, 9.17) is 4.74 Å². The van der Waals surface area contributed by atoms with Crippen LogP contribution in [0.4, 0.5) is 0 Å². The topological polar surface area (TPSA) is 51.5 Å². The molecule has 37 heavy (non-hydrogen) atoms. The van der Waals surface area contributed by atoms with E-state index in [1.165, 1.54) is 11.1 Å². The predicted molar refractivity (Wildman–Crippen MR) is 147 cm³/mol. The number of ether oxygens (including phenoxy) is 1. The largest absolute Gasteiger partial charge is 0.462 e.